The Hall–Kier alpha value is -3.32. The van der Waals surface area contributed by atoms with E-state index in [9.17, 15) is 14.7 Å². The molecule has 7 heteroatoms. The summed E-state index contributed by atoms with van der Waals surface area (Å²) < 4.78 is 22.9. The Balaban J connectivity index is 2.95. The zero-order chi connectivity index (χ0) is 25.4. The van der Waals surface area contributed by atoms with Gasteiger partial charge in [0, 0.05) is 19.3 Å². The number of rotatable bonds is 16. The summed E-state index contributed by atoms with van der Waals surface area (Å²) in [7, 11) is 0. The van der Waals surface area contributed by atoms with E-state index in [1.807, 2.05) is 20.8 Å². The third kappa shape index (κ3) is 12.1. The quantitative estimate of drug-likeness (QED) is 0.200. The summed E-state index contributed by atoms with van der Waals surface area (Å²) >= 11 is 0. The van der Waals surface area contributed by atoms with E-state index in [1.54, 1.807) is 0 Å². The van der Waals surface area contributed by atoms with Crippen LogP contribution >= 0.6 is 0 Å². The minimum absolute atomic E-state index is 0.0263. The molecule has 0 saturated carbocycles. The molecule has 0 atom stereocenters. The van der Waals surface area contributed by atoms with Gasteiger partial charge < -0.3 is 24.1 Å². The standard InChI is InChI=1S/C27H36O7/c1-6-8-10-12-16-31-22-19-21(26(29)30)20-23(32-17-13-11-9-7-2)25(22)33-18-14-15-24(28)34-27(3,4)5/h1-2,19-20H,8-18H2,3-5H3,(H,29,30). The van der Waals surface area contributed by atoms with Crippen LogP contribution < -0.4 is 14.2 Å². The molecular formula is C27H36O7. The van der Waals surface area contributed by atoms with E-state index in [-0.39, 0.29) is 36.1 Å². The first kappa shape index (κ1) is 28.7. The Morgan fingerprint density at radius 1 is 0.853 bits per heavy atom. The maximum absolute atomic E-state index is 12.0. The Kier molecular flexibility index (Phi) is 13.1. The van der Waals surface area contributed by atoms with Crippen LogP contribution in [0.25, 0.3) is 0 Å². The van der Waals surface area contributed by atoms with Gasteiger partial charge >= 0.3 is 11.9 Å². The molecule has 0 aliphatic rings. The Labute approximate surface area is 203 Å². The summed E-state index contributed by atoms with van der Waals surface area (Å²) in [5, 5.41) is 9.53. The number of ether oxygens (including phenoxy) is 4. The molecule has 0 bridgehead atoms. The summed E-state index contributed by atoms with van der Waals surface area (Å²) in [4.78, 5) is 23.6. The normalized spacial score (nSPS) is 10.6. The van der Waals surface area contributed by atoms with E-state index in [0.29, 0.717) is 51.1 Å². The van der Waals surface area contributed by atoms with Crippen molar-refractivity contribution < 1.29 is 33.6 Å². The highest BCUT2D eigenvalue weighted by atomic mass is 16.6. The van der Waals surface area contributed by atoms with Crippen molar-refractivity contribution in [3.05, 3.63) is 17.7 Å². The van der Waals surface area contributed by atoms with Gasteiger partial charge in [0.2, 0.25) is 5.75 Å². The molecule has 186 valence electrons. The number of hydrogen-bond acceptors (Lipinski definition) is 6. The van der Waals surface area contributed by atoms with E-state index >= 15 is 0 Å². The lowest BCUT2D eigenvalue weighted by Gasteiger charge is -2.20. The molecule has 34 heavy (non-hydrogen) atoms. The smallest absolute Gasteiger partial charge is 0.335 e. The Morgan fingerprint density at radius 3 is 1.79 bits per heavy atom. The van der Waals surface area contributed by atoms with Gasteiger partial charge in [-0.1, -0.05) is 0 Å². The molecule has 0 aromatic heterocycles. The van der Waals surface area contributed by atoms with Crippen molar-refractivity contribution in [2.45, 2.75) is 77.7 Å². The highest BCUT2D eigenvalue weighted by Gasteiger charge is 2.20. The average molecular weight is 473 g/mol. The van der Waals surface area contributed by atoms with Crippen LogP contribution in [0.3, 0.4) is 0 Å². The minimum Gasteiger partial charge on any atom is -0.490 e. The molecule has 0 amide bonds. The molecule has 1 rings (SSSR count). The fourth-order valence-electron chi connectivity index (χ4n) is 2.86. The van der Waals surface area contributed by atoms with Crippen molar-refractivity contribution in [3.63, 3.8) is 0 Å². The Morgan fingerprint density at radius 2 is 1.35 bits per heavy atom. The number of carboxylic acids is 1. The Bertz CT molecular complexity index is 823. The molecule has 7 nitrogen and oxygen atoms in total. The molecule has 0 spiro atoms. The number of unbranched alkanes of at least 4 members (excludes halogenated alkanes) is 4. The first-order chi connectivity index (χ1) is 16.2. The van der Waals surface area contributed by atoms with E-state index in [2.05, 4.69) is 11.8 Å². The maximum Gasteiger partial charge on any atom is 0.335 e. The van der Waals surface area contributed by atoms with Crippen LogP contribution in [-0.2, 0) is 9.53 Å². The molecule has 1 aromatic carbocycles. The van der Waals surface area contributed by atoms with Crippen molar-refractivity contribution in [3.8, 4) is 41.9 Å². The maximum atomic E-state index is 12.0. The summed E-state index contributed by atoms with van der Waals surface area (Å²) in [5.74, 6) is 4.60. The van der Waals surface area contributed by atoms with Crippen LogP contribution in [0.5, 0.6) is 17.2 Å². The SMILES string of the molecule is C#CCCCCOc1cc(C(=O)O)cc(OCCCCC#C)c1OCCCC(=O)OC(C)(C)C. The van der Waals surface area contributed by atoms with Gasteiger partial charge in [-0.3, -0.25) is 4.79 Å². The zero-order valence-corrected chi connectivity index (χ0v) is 20.5. The molecule has 0 aliphatic carbocycles. The van der Waals surface area contributed by atoms with Crippen molar-refractivity contribution >= 4 is 11.9 Å². The van der Waals surface area contributed by atoms with Crippen molar-refractivity contribution in [1.29, 1.82) is 0 Å². The molecule has 0 aliphatic heterocycles. The van der Waals surface area contributed by atoms with Gasteiger partial charge in [-0.2, -0.15) is 0 Å². The number of esters is 1. The van der Waals surface area contributed by atoms with Gasteiger partial charge in [-0.15, -0.1) is 24.7 Å². The monoisotopic (exact) mass is 472 g/mol. The van der Waals surface area contributed by atoms with E-state index in [1.165, 1.54) is 12.1 Å². The molecule has 0 radical (unpaired) electrons. The molecular weight excluding hydrogens is 436 g/mol. The van der Waals surface area contributed by atoms with Gasteiger partial charge in [-0.05, 0) is 65.0 Å². The lowest BCUT2D eigenvalue weighted by atomic mass is 10.1. The molecule has 1 aromatic rings. The van der Waals surface area contributed by atoms with Gasteiger partial charge in [0.05, 0.1) is 25.4 Å². The van der Waals surface area contributed by atoms with Crippen LogP contribution in [0.4, 0.5) is 0 Å². The second-order valence-corrected chi connectivity index (χ2v) is 8.66. The predicted octanol–water partition coefficient (Wildman–Crippen LogP) is 5.25. The fourth-order valence-corrected chi connectivity index (χ4v) is 2.86. The summed E-state index contributed by atoms with van der Waals surface area (Å²) in [6.07, 6.45) is 15.4. The molecule has 1 N–H and O–H groups in total. The van der Waals surface area contributed by atoms with Crippen molar-refractivity contribution in [1.82, 2.24) is 0 Å². The second-order valence-electron chi connectivity index (χ2n) is 8.66. The number of carbonyl (C=O) groups excluding carboxylic acids is 1. The highest BCUT2D eigenvalue weighted by Crippen LogP contribution is 2.39. The van der Waals surface area contributed by atoms with Gasteiger partial charge in [-0.25, -0.2) is 4.79 Å². The number of carboxylic acid groups (broad SMARTS) is 1. The van der Waals surface area contributed by atoms with Gasteiger partial charge in [0.15, 0.2) is 11.5 Å². The third-order valence-corrected chi connectivity index (χ3v) is 4.41. The predicted molar refractivity (Wildman–Crippen MR) is 130 cm³/mol. The zero-order valence-electron chi connectivity index (χ0n) is 20.5. The van der Waals surface area contributed by atoms with Crippen molar-refractivity contribution in [2.24, 2.45) is 0 Å². The van der Waals surface area contributed by atoms with Gasteiger partial charge in [0.25, 0.3) is 0 Å². The minimum atomic E-state index is -1.11. The van der Waals surface area contributed by atoms with Crippen LogP contribution in [0.15, 0.2) is 12.1 Å². The molecule has 0 saturated heterocycles. The summed E-state index contributed by atoms with van der Waals surface area (Å²) in [5.41, 5.74) is -0.524. The van der Waals surface area contributed by atoms with E-state index in [4.69, 9.17) is 31.8 Å². The van der Waals surface area contributed by atoms with Gasteiger partial charge in [0.1, 0.15) is 5.60 Å². The van der Waals surface area contributed by atoms with Crippen LogP contribution in [0.1, 0.15) is 82.5 Å². The number of aromatic carboxylic acids is 1. The third-order valence-electron chi connectivity index (χ3n) is 4.41. The molecule has 0 unspecified atom stereocenters. The van der Waals surface area contributed by atoms with Crippen LogP contribution in [0, 0.1) is 24.7 Å². The number of benzene rings is 1. The summed E-state index contributed by atoms with van der Waals surface area (Å²) in [6, 6.07) is 2.83. The highest BCUT2D eigenvalue weighted by molar-refractivity contribution is 5.89. The number of terminal acetylenes is 2. The largest absolute Gasteiger partial charge is 0.490 e. The first-order valence-electron chi connectivity index (χ1n) is 11.6. The lowest BCUT2D eigenvalue weighted by Crippen LogP contribution is -2.24. The topological polar surface area (TPSA) is 91.3 Å². The van der Waals surface area contributed by atoms with E-state index < -0.39 is 11.6 Å². The number of carbonyl (C=O) groups is 2. The van der Waals surface area contributed by atoms with E-state index in [0.717, 1.165) is 12.8 Å². The van der Waals surface area contributed by atoms with Crippen LogP contribution in [0.2, 0.25) is 0 Å². The molecule has 0 heterocycles. The summed E-state index contributed by atoms with van der Waals surface area (Å²) in [6.45, 7) is 6.33. The first-order valence-corrected chi connectivity index (χ1v) is 11.6. The van der Waals surface area contributed by atoms with Crippen LogP contribution in [-0.4, -0.2) is 42.5 Å². The second kappa shape index (κ2) is 15.5. The molecule has 0 fully saturated rings. The fraction of sp³-hybridized carbons (Fsp3) is 0.556. The average Bonchev–Trinajstić information content (AvgIpc) is 2.75. The lowest BCUT2D eigenvalue weighted by molar-refractivity contribution is -0.155. The number of hydrogen-bond donors (Lipinski definition) is 1. The van der Waals surface area contributed by atoms with Crippen molar-refractivity contribution in [2.75, 3.05) is 19.8 Å².